The minimum Gasteiger partial charge on any atom is -0.306 e. The van der Waals surface area contributed by atoms with E-state index >= 15 is 0 Å². The maximum absolute atomic E-state index is 12.3. The van der Waals surface area contributed by atoms with E-state index in [-0.39, 0.29) is 17.4 Å². The summed E-state index contributed by atoms with van der Waals surface area (Å²) in [5.74, 6) is 1.11. The molecular weight excluding hydrogens is 212 g/mol. The van der Waals surface area contributed by atoms with Crippen LogP contribution in [0.15, 0.2) is 5.10 Å². The fourth-order valence-electron chi connectivity index (χ4n) is 3.88. The fraction of sp³-hybridized carbons (Fsp3) is 0.857. The molecule has 94 valence electrons. The predicted octanol–water partition coefficient (Wildman–Crippen LogP) is 2.51. The zero-order chi connectivity index (χ0) is 12.0. The first-order valence-corrected chi connectivity index (χ1v) is 6.92. The normalized spacial score (nSPS) is 36.6. The Morgan fingerprint density at radius 1 is 1.29 bits per heavy atom. The summed E-state index contributed by atoms with van der Waals surface area (Å²) in [6.45, 7) is 4.38. The van der Waals surface area contributed by atoms with E-state index in [9.17, 15) is 4.79 Å². The lowest BCUT2D eigenvalue weighted by Gasteiger charge is -2.36. The first-order valence-electron chi connectivity index (χ1n) is 6.92. The molecular formula is C14H22N2O. The molecule has 2 atom stereocenters. The van der Waals surface area contributed by atoms with E-state index in [1.54, 1.807) is 0 Å². The van der Waals surface area contributed by atoms with Crippen LogP contribution in [-0.4, -0.2) is 17.5 Å². The van der Waals surface area contributed by atoms with Crippen molar-refractivity contribution in [2.75, 3.05) is 0 Å². The number of hydrogen-bond acceptors (Lipinski definition) is 3. The topological polar surface area (TPSA) is 41.5 Å². The third-order valence-corrected chi connectivity index (χ3v) is 4.63. The Hall–Kier alpha value is -0.860. The molecule has 0 amide bonds. The summed E-state index contributed by atoms with van der Waals surface area (Å²) in [5, 5.41) is 4.52. The Kier molecular flexibility index (Phi) is 2.53. The van der Waals surface area contributed by atoms with Crippen LogP contribution in [0.5, 0.6) is 0 Å². The third kappa shape index (κ3) is 1.90. The summed E-state index contributed by atoms with van der Waals surface area (Å²) in [4.78, 5) is 12.3. The van der Waals surface area contributed by atoms with Gasteiger partial charge in [0.05, 0.1) is 17.7 Å². The molecule has 0 bridgehead atoms. The number of Topliss-reactive ketones (excluding diaryl/α,β-unsaturated/α-hetero) is 1. The highest BCUT2D eigenvalue weighted by atomic mass is 16.1. The summed E-state index contributed by atoms with van der Waals surface area (Å²) >= 11 is 0. The Morgan fingerprint density at radius 2 is 2.00 bits per heavy atom. The van der Waals surface area contributed by atoms with Gasteiger partial charge in [-0.25, -0.2) is 0 Å². The average Bonchev–Trinajstić information content (AvgIpc) is 2.81. The molecule has 3 heteroatoms. The minimum atomic E-state index is 0.103. The van der Waals surface area contributed by atoms with Gasteiger partial charge >= 0.3 is 0 Å². The molecule has 0 radical (unpaired) electrons. The van der Waals surface area contributed by atoms with Crippen LogP contribution in [0.1, 0.15) is 52.4 Å². The number of fused-ring (bicyclic) bond motifs is 1. The van der Waals surface area contributed by atoms with Gasteiger partial charge in [-0.15, -0.1) is 0 Å². The number of nitrogens with zero attached hydrogens (tertiary/aromatic N) is 1. The summed E-state index contributed by atoms with van der Waals surface area (Å²) in [7, 11) is 0. The van der Waals surface area contributed by atoms with Crippen molar-refractivity contribution in [2.24, 2.45) is 22.4 Å². The van der Waals surface area contributed by atoms with Gasteiger partial charge in [0.25, 0.3) is 0 Å². The largest absolute Gasteiger partial charge is 0.306 e. The average molecular weight is 234 g/mol. The second-order valence-electron chi connectivity index (χ2n) is 6.74. The maximum Gasteiger partial charge on any atom is 0.144 e. The first-order chi connectivity index (χ1) is 8.07. The highest BCUT2D eigenvalue weighted by Crippen LogP contribution is 2.41. The SMILES string of the molecule is CC1(C)CC(=O)[C@@H]2C(C3CCCC3)=NN[C@H]2C1. The molecule has 3 aliphatic rings. The highest BCUT2D eigenvalue weighted by Gasteiger charge is 2.47. The number of ketones is 1. The van der Waals surface area contributed by atoms with Gasteiger partial charge in [-0.3, -0.25) is 4.79 Å². The second-order valence-corrected chi connectivity index (χ2v) is 6.74. The third-order valence-electron chi connectivity index (χ3n) is 4.63. The van der Waals surface area contributed by atoms with Crippen molar-refractivity contribution in [1.29, 1.82) is 0 Å². The smallest absolute Gasteiger partial charge is 0.144 e. The van der Waals surface area contributed by atoms with Gasteiger partial charge in [-0.1, -0.05) is 26.7 Å². The quantitative estimate of drug-likeness (QED) is 0.757. The number of hydrazone groups is 1. The molecule has 2 fully saturated rings. The molecule has 0 aromatic carbocycles. The minimum absolute atomic E-state index is 0.103. The number of carbonyl (C=O) groups excluding carboxylic acids is 1. The summed E-state index contributed by atoms with van der Waals surface area (Å²) in [6.07, 6.45) is 6.88. The number of carbonyl (C=O) groups is 1. The highest BCUT2D eigenvalue weighted by molar-refractivity contribution is 6.08. The molecule has 0 aromatic rings. The Bertz CT molecular complexity index is 366. The van der Waals surface area contributed by atoms with Crippen molar-refractivity contribution < 1.29 is 4.79 Å². The molecule has 2 aliphatic carbocycles. The van der Waals surface area contributed by atoms with Crippen molar-refractivity contribution in [3.8, 4) is 0 Å². The van der Waals surface area contributed by atoms with Gasteiger partial charge in [-0.2, -0.15) is 5.10 Å². The molecule has 0 saturated heterocycles. The van der Waals surface area contributed by atoms with Gasteiger partial charge in [0.1, 0.15) is 5.78 Å². The van der Waals surface area contributed by atoms with Crippen LogP contribution >= 0.6 is 0 Å². The van der Waals surface area contributed by atoms with Crippen LogP contribution in [0.25, 0.3) is 0 Å². The van der Waals surface area contributed by atoms with Gasteiger partial charge in [-0.05, 0) is 30.6 Å². The molecule has 3 nitrogen and oxygen atoms in total. The lowest BCUT2D eigenvalue weighted by Crippen LogP contribution is -2.46. The van der Waals surface area contributed by atoms with Crippen LogP contribution in [0.3, 0.4) is 0 Å². The maximum atomic E-state index is 12.3. The van der Waals surface area contributed by atoms with Crippen molar-refractivity contribution >= 4 is 11.5 Å². The zero-order valence-corrected chi connectivity index (χ0v) is 10.8. The van der Waals surface area contributed by atoms with Crippen LogP contribution in [0, 0.1) is 17.3 Å². The van der Waals surface area contributed by atoms with E-state index in [1.807, 2.05) is 0 Å². The molecule has 0 aromatic heterocycles. The molecule has 2 saturated carbocycles. The van der Waals surface area contributed by atoms with Gasteiger partial charge in [0, 0.05) is 6.42 Å². The van der Waals surface area contributed by atoms with Crippen LogP contribution in [0.2, 0.25) is 0 Å². The van der Waals surface area contributed by atoms with Gasteiger partial charge < -0.3 is 5.43 Å². The summed E-state index contributed by atoms with van der Waals surface area (Å²) < 4.78 is 0. The lowest BCUT2D eigenvalue weighted by atomic mass is 9.67. The van der Waals surface area contributed by atoms with E-state index in [1.165, 1.54) is 31.4 Å². The van der Waals surface area contributed by atoms with Gasteiger partial charge in [0.2, 0.25) is 0 Å². The van der Waals surface area contributed by atoms with Gasteiger partial charge in [0.15, 0.2) is 0 Å². The van der Waals surface area contributed by atoms with E-state index in [0.29, 0.717) is 11.7 Å². The van der Waals surface area contributed by atoms with Crippen molar-refractivity contribution in [3.63, 3.8) is 0 Å². The predicted molar refractivity (Wildman–Crippen MR) is 67.8 cm³/mol. The Balaban J connectivity index is 1.80. The molecule has 0 spiro atoms. The van der Waals surface area contributed by atoms with Crippen molar-refractivity contribution in [2.45, 2.75) is 58.4 Å². The molecule has 17 heavy (non-hydrogen) atoms. The van der Waals surface area contributed by atoms with Crippen LogP contribution in [-0.2, 0) is 4.79 Å². The monoisotopic (exact) mass is 234 g/mol. The van der Waals surface area contributed by atoms with E-state index < -0.39 is 0 Å². The Labute approximate surface area is 103 Å². The first kappa shape index (κ1) is 11.2. The van der Waals surface area contributed by atoms with E-state index in [2.05, 4.69) is 24.4 Å². The zero-order valence-electron chi connectivity index (χ0n) is 10.8. The fourth-order valence-corrected chi connectivity index (χ4v) is 3.88. The number of nitrogens with one attached hydrogen (secondary N) is 1. The summed E-state index contributed by atoms with van der Waals surface area (Å²) in [6, 6.07) is 0.279. The number of hydrogen-bond donors (Lipinski definition) is 1. The van der Waals surface area contributed by atoms with Crippen LogP contribution < -0.4 is 5.43 Å². The van der Waals surface area contributed by atoms with Crippen molar-refractivity contribution in [3.05, 3.63) is 0 Å². The molecule has 1 N–H and O–H groups in total. The molecule has 0 unspecified atom stereocenters. The van der Waals surface area contributed by atoms with E-state index in [0.717, 1.165) is 12.8 Å². The molecule has 1 aliphatic heterocycles. The molecule has 3 rings (SSSR count). The van der Waals surface area contributed by atoms with Crippen molar-refractivity contribution in [1.82, 2.24) is 5.43 Å². The van der Waals surface area contributed by atoms with Crippen LogP contribution in [0.4, 0.5) is 0 Å². The molecule has 1 heterocycles. The van der Waals surface area contributed by atoms with E-state index in [4.69, 9.17) is 0 Å². The summed E-state index contributed by atoms with van der Waals surface area (Å²) in [5.41, 5.74) is 4.57. The Morgan fingerprint density at radius 3 is 2.71 bits per heavy atom. The lowest BCUT2D eigenvalue weighted by molar-refractivity contribution is -0.126. The standard InChI is InChI=1S/C14H22N2O/c1-14(2)7-10-12(11(17)8-14)13(16-15-10)9-5-3-4-6-9/h9-10,12,15H,3-8H2,1-2H3/t10-,12+/m0/s1. The number of rotatable bonds is 1. The second kappa shape index (κ2) is 3.82.